The minimum absolute atomic E-state index is 0.0733. The highest BCUT2D eigenvalue weighted by atomic mass is 19.4. The van der Waals surface area contributed by atoms with Gasteiger partial charge < -0.3 is 14.8 Å². The number of benzene rings is 2. The van der Waals surface area contributed by atoms with Gasteiger partial charge in [0.1, 0.15) is 17.3 Å². The highest BCUT2D eigenvalue weighted by Crippen LogP contribution is 2.30. The van der Waals surface area contributed by atoms with Crippen LogP contribution < -0.4 is 14.8 Å². The highest BCUT2D eigenvalue weighted by molar-refractivity contribution is 5.96. The van der Waals surface area contributed by atoms with Crippen LogP contribution >= 0.6 is 0 Å². The standard InChI is InChI=1S/C21H19F4N3O3/c1-2-9-30-18-8-7-13(22)10-16(18)17-11-14(27-28-17)12-26-20(29)15-5-3-4-6-19(15)31-21(23,24)25/h3-8,10-11H,2,9,12H2,1H3,(H,26,29)(H,27,28). The number of ether oxygens (including phenoxy) is 2. The zero-order valence-electron chi connectivity index (χ0n) is 16.4. The first-order valence-corrected chi connectivity index (χ1v) is 9.37. The van der Waals surface area contributed by atoms with Crippen molar-refractivity contribution in [1.82, 2.24) is 15.5 Å². The van der Waals surface area contributed by atoms with E-state index in [1.165, 1.54) is 36.4 Å². The molecule has 0 aliphatic heterocycles. The lowest BCUT2D eigenvalue weighted by atomic mass is 10.1. The largest absolute Gasteiger partial charge is 0.573 e. The number of rotatable bonds is 8. The van der Waals surface area contributed by atoms with Crippen LogP contribution in [0.1, 0.15) is 29.4 Å². The Labute approximate surface area is 175 Å². The molecule has 31 heavy (non-hydrogen) atoms. The number of nitrogens with one attached hydrogen (secondary N) is 2. The van der Waals surface area contributed by atoms with Gasteiger partial charge in [0.25, 0.3) is 5.91 Å². The molecule has 6 nitrogen and oxygen atoms in total. The molecule has 0 radical (unpaired) electrons. The molecule has 164 valence electrons. The van der Waals surface area contributed by atoms with Gasteiger partial charge in [-0.2, -0.15) is 5.10 Å². The minimum Gasteiger partial charge on any atom is -0.493 e. The van der Waals surface area contributed by atoms with Crippen molar-refractivity contribution in [2.45, 2.75) is 26.3 Å². The van der Waals surface area contributed by atoms with Crippen molar-refractivity contribution in [1.29, 1.82) is 0 Å². The summed E-state index contributed by atoms with van der Waals surface area (Å²) in [5, 5.41) is 9.31. The number of carbonyl (C=O) groups excluding carboxylic acids is 1. The molecule has 1 aromatic heterocycles. The first-order chi connectivity index (χ1) is 14.8. The summed E-state index contributed by atoms with van der Waals surface area (Å²) >= 11 is 0. The molecule has 0 atom stereocenters. The lowest BCUT2D eigenvalue weighted by Gasteiger charge is -2.12. The summed E-state index contributed by atoms with van der Waals surface area (Å²) in [7, 11) is 0. The first-order valence-electron chi connectivity index (χ1n) is 9.37. The Kier molecular flexibility index (Phi) is 6.78. The fourth-order valence-electron chi connectivity index (χ4n) is 2.78. The van der Waals surface area contributed by atoms with E-state index in [9.17, 15) is 22.4 Å². The van der Waals surface area contributed by atoms with Crippen LogP contribution in [0.2, 0.25) is 0 Å². The molecule has 2 N–H and O–H groups in total. The second kappa shape index (κ2) is 9.50. The third-order valence-electron chi connectivity index (χ3n) is 4.11. The van der Waals surface area contributed by atoms with Crippen LogP contribution in [-0.4, -0.2) is 29.1 Å². The van der Waals surface area contributed by atoms with Crippen molar-refractivity contribution in [3.8, 4) is 22.8 Å². The molecule has 1 heterocycles. The number of hydrogen-bond acceptors (Lipinski definition) is 4. The number of halogens is 4. The van der Waals surface area contributed by atoms with Crippen LogP contribution in [0.5, 0.6) is 11.5 Å². The normalized spacial score (nSPS) is 11.3. The average molecular weight is 437 g/mol. The number of alkyl halides is 3. The van der Waals surface area contributed by atoms with E-state index in [2.05, 4.69) is 20.3 Å². The van der Waals surface area contributed by atoms with Crippen LogP contribution in [0, 0.1) is 5.82 Å². The molecular weight excluding hydrogens is 418 g/mol. The number of carbonyl (C=O) groups is 1. The lowest BCUT2D eigenvalue weighted by molar-refractivity contribution is -0.274. The minimum atomic E-state index is -4.92. The summed E-state index contributed by atoms with van der Waals surface area (Å²) in [6.07, 6.45) is -4.15. The highest BCUT2D eigenvalue weighted by Gasteiger charge is 2.32. The summed E-state index contributed by atoms with van der Waals surface area (Å²) in [6.45, 7) is 2.32. The number of amides is 1. The number of hydrogen-bond donors (Lipinski definition) is 2. The monoisotopic (exact) mass is 437 g/mol. The predicted molar refractivity (Wildman–Crippen MR) is 104 cm³/mol. The summed E-state index contributed by atoms with van der Waals surface area (Å²) < 4.78 is 60.8. The molecule has 0 saturated heterocycles. The Balaban J connectivity index is 1.72. The van der Waals surface area contributed by atoms with Crippen LogP contribution in [0.4, 0.5) is 17.6 Å². The molecule has 3 rings (SSSR count). The second-order valence-corrected chi connectivity index (χ2v) is 6.49. The van der Waals surface area contributed by atoms with E-state index in [0.717, 1.165) is 12.5 Å². The van der Waals surface area contributed by atoms with Gasteiger partial charge in [-0.15, -0.1) is 13.2 Å². The van der Waals surface area contributed by atoms with Gasteiger partial charge in [-0.25, -0.2) is 4.39 Å². The van der Waals surface area contributed by atoms with Crippen molar-refractivity contribution in [2.24, 2.45) is 0 Å². The van der Waals surface area contributed by atoms with E-state index in [1.807, 2.05) is 6.92 Å². The Morgan fingerprint density at radius 2 is 1.90 bits per heavy atom. The van der Waals surface area contributed by atoms with E-state index < -0.39 is 23.8 Å². The summed E-state index contributed by atoms with van der Waals surface area (Å²) in [5.41, 5.74) is 1.05. The van der Waals surface area contributed by atoms with Gasteiger partial charge in [-0.1, -0.05) is 19.1 Å². The maximum Gasteiger partial charge on any atom is 0.573 e. The molecule has 0 unspecified atom stereocenters. The van der Waals surface area contributed by atoms with Crippen molar-refractivity contribution in [3.63, 3.8) is 0 Å². The second-order valence-electron chi connectivity index (χ2n) is 6.49. The molecule has 0 spiro atoms. The zero-order chi connectivity index (χ0) is 22.4. The number of para-hydroxylation sites is 1. The van der Waals surface area contributed by atoms with Crippen LogP contribution in [0.15, 0.2) is 48.5 Å². The quantitative estimate of drug-likeness (QED) is 0.495. The van der Waals surface area contributed by atoms with E-state index in [4.69, 9.17) is 4.74 Å². The number of aromatic nitrogens is 2. The smallest absolute Gasteiger partial charge is 0.493 e. The van der Waals surface area contributed by atoms with E-state index in [1.54, 1.807) is 6.07 Å². The Morgan fingerprint density at radius 1 is 1.13 bits per heavy atom. The maximum absolute atomic E-state index is 13.7. The summed E-state index contributed by atoms with van der Waals surface area (Å²) in [4.78, 5) is 12.4. The van der Waals surface area contributed by atoms with Crippen molar-refractivity contribution in [3.05, 3.63) is 65.6 Å². The lowest BCUT2D eigenvalue weighted by Crippen LogP contribution is -2.25. The van der Waals surface area contributed by atoms with E-state index >= 15 is 0 Å². The van der Waals surface area contributed by atoms with Crippen LogP contribution in [0.3, 0.4) is 0 Å². The molecule has 0 bridgehead atoms. The summed E-state index contributed by atoms with van der Waals surface area (Å²) in [5.74, 6) is -1.35. The van der Waals surface area contributed by atoms with Gasteiger partial charge in [-0.05, 0) is 42.8 Å². The zero-order valence-corrected chi connectivity index (χ0v) is 16.4. The molecule has 1 amide bonds. The van der Waals surface area contributed by atoms with Gasteiger partial charge in [-0.3, -0.25) is 9.89 Å². The van der Waals surface area contributed by atoms with Crippen molar-refractivity contribution >= 4 is 5.91 Å². The SMILES string of the molecule is CCCOc1ccc(F)cc1-c1cc(CNC(=O)c2ccccc2OC(F)(F)F)n[nH]1. The van der Waals surface area contributed by atoms with Gasteiger partial charge in [0, 0.05) is 5.56 Å². The Morgan fingerprint density at radius 3 is 2.65 bits per heavy atom. The van der Waals surface area contributed by atoms with Crippen molar-refractivity contribution in [2.75, 3.05) is 6.61 Å². The molecule has 0 fully saturated rings. The van der Waals surface area contributed by atoms with E-state index in [0.29, 0.717) is 29.3 Å². The molecular formula is C21H19F4N3O3. The fourth-order valence-corrected chi connectivity index (χ4v) is 2.78. The first kappa shape index (κ1) is 22.1. The molecule has 0 saturated carbocycles. The average Bonchev–Trinajstić information content (AvgIpc) is 3.19. The van der Waals surface area contributed by atoms with Gasteiger partial charge in [0.15, 0.2) is 0 Å². The topological polar surface area (TPSA) is 76.2 Å². The maximum atomic E-state index is 13.7. The van der Waals surface area contributed by atoms with Gasteiger partial charge in [0.2, 0.25) is 0 Å². The van der Waals surface area contributed by atoms with E-state index in [-0.39, 0.29) is 12.1 Å². The number of nitrogens with zero attached hydrogens (tertiary/aromatic N) is 1. The van der Waals surface area contributed by atoms with Crippen LogP contribution in [-0.2, 0) is 6.54 Å². The third-order valence-corrected chi connectivity index (χ3v) is 4.11. The number of H-pyrrole nitrogens is 1. The molecule has 2 aromatic carbocycles. The fraction of sp³-hybridized carbons (Fsp3) is 0.238. The van der Waals surface area contributed by atoms with Crippen molar-refractivity contribution < 1.29 is 31.8 Å². The molecule has 0 aliphatic carbocycles. The Hall–Kier alpha value is -3.56. The Bertz CT molecular complexity index is 1050. The number of aromatic amines is 1. The third kappa shape index (κ3) is 5.97. The van der Waals surface area contributed by atoms with Gasteiger partial charge >= 0.3 is 6.36 Å². The predicted octanol–water partition coefficient (Wildman–Crippen LogP) is 4.83. The molecule has 10 heteroatoms. The summed E-state index contributed by atoms with van der Waals surface area (Å²) in [6, 6.07) is 10.7. The van der Waals surface area contributed by atoms with Gasteiger partial charge in [0.05, 0.1) is 30.1 Å². The molecule has 0 aliphatic rings. The van der Waals surface area contributed by atoms with Crippen LogP contribution in [0.25, 0.3) is 11.3 Å². The molecule has 3 aromatic rings.